The van der Waals surface area contributed by atoms with E-state index in [-0.39, 0.29) is 0 Å². The fraction of sp³-hybridized carbons (Fsp3) is 0.286. The van der Waals surface area contributed by atoms with Gasteiger partial charge in [-0.25, -0.2) is 0 Å². The van der Waals surface area contributed by atoms with E-state index in [4.69, 9.17) is 12.2 Å². The van der Waals surface area contributed by atoms with Crippen molar-refractivity contribution >= 4 is 24.4 Å². The Kier molecular flexibility index (Phi) is 3.11. The van der Waals surface area contributed by atoms with Gasteiger partial charge in [0.2, 0.25) is 4.77 Å². The molecule has 0 unspecified atom stereocenters. The molecule has 1 aliphatic rings. The van der Waals surface area contributed by atoms with Gasteiger partial charge in [0.25, 0.3) is 0 Å². The second-order valence-corrected chi connectivity index (χ2v) is 4.82. The van der Waals surface area contributed by atoms with E-state index < -0.39 is 0 Å². The molecule has 0 atom stereocenters. The molecule has 0 saturated carbocycles. The first-order chi connectivity index (χ1) is 8.84. The van der Waals surface area contributed by atoms with Crippen molar-refractivity contribution < 1.29 is 0 Å². The van der Waals surface area contributed by atoms with Crippen LogP contribution in [0.4, 0.5) is 0 Å². The van der Waals surface area contributed by atoms with Crippen LogP contribution < -0.4 is 0 Å². The van der Waals surface area contributed by atoms with Crippen LogP contribution >= 0.6 is 12.2 Å². The quantitative estimate of drug-likeness (QED) is 0.770. The summed E-state index contributed by atoms with van der Waals surface area (Å²) >= 11 is 5.29. The molecule has 0 amide bonds. The van der Waals surface area contributed by atoms with Crippen LogP contribution in [0.15, 0.2) is 30.3 Å². The SMILES string of the molecule is S=c1nc(/C=C/c2ccccc2)n2n1CCCC2. The minimum Gasteiger partial charge on any atom is -0.266 e. The van der Waals surface area contributed by atoms with Crippen LogP contribution in [0.25, 0.3) is 12.2 Å². The van der Waals surface area contributed by atoms with Gasteiger partial charge in [-0.15, -0.1) is 0 Å². The van der Waals surface area contributed by atoms with Crippen LogP contribution in [0.2, 0.25) is 0 Å². The van der Waals surface area contributed by atoms with Crippen molar-refractivity contribution in [1.29, 1.82) is 0 Å². The molecule has 4 heteroatoms. The average molecular weight is 257 g/mol. The molecule has 18 heavy (non-hydrogen) atoms. The van der Waals surface area contributed by atoms with Gasteiger partial charge < -0.3 is 0 Å². The summed E-state index contributed by atoms with van der Waals surface area (Å²) in [5.41, 5.74) is 1.18. The van der Waals surface area contributed by atoms with E-state index in [9.17, 15) is 0 Å². The van der Waals surface area contributed by atoms with Crippen LogP contribution in [0.3, 0.4) is 0 Å². The lowest BCUT2D eigenvalue weighted by molar-refractivity contribution is 0.358. The summed E-state index contributed by atoms with van der Waals surface area (Å²) in [7, 11) is 0. The second kappa shape index (κ2) is 4.90. The van der Waals surface area contributed by atoms with Crippen LogP contribution in [0.5, 0.6) is 0 Å². The Morgan fingerprint density at radius 2 is 1.72 bits per heavy atom. The zero-order chi connectivity index (χ0) is 12.4. The first-order valence-corrected chi connectivity index (χ1v) is 6.66. The fourth-order valence-electron chi connectivity index (χ4n) is 2.27. The van der Waals surface area contributed by atoms with Gasteiger partial charge in [-0.3, -0.25) is 9.36 Å². The van der Waals surface area contributed by atoms with E-state index in [0.717, 1.165) is 18.9 Å². The molecule has 1 aromatic carbocycles. The molecule has 0 fully saturated rings. The topological polar surface area (TPSA) is 22.8 Å². The minimum absolute atomic E-state index is 0.697. The van der Waals surface area contributed by atoms with Crippen LogP contribution in [-0.4, -0.2) is 14.3 Å². The standard InChI is InChI=1S/C14H15N3S/c18-14-15-13(16-10-4-5-11-17(14)16)9-8-12-6-2-1-3-7-12/h1-3,6-9H,4-5,10-11H2/b9-8+. The second-order valence-electron chi connectivity index (χ2n) is 4.45. The highest BCUT2D eigenvalue weighted by Gasteiger charge is 2.12. The Morgan fingerprint density at radius 3 is 2.50 bits per heavy atom. The minimum atomic E-state index is 0.697. The molecule has 0 radical (unpaired) electrons. The van der Waals surface area contributed by atoms with Gasteiger partial charge in [0.1, 0.15) is 0 Å². The number of aromatic nitrogens is 3. The lowest BCUT2D eigenvalue weighted by Crippen LogP contribution is -2.19. The Morgan fingerprint density at radius 1 is 1.00 bits per heavy atom. The van der Waals surface area contributed by atoms with E-state index in [1.807, 2.05) is 24.3 Å². The van der Waals surface area contributed by atoms with Crippen molar-refractivity contribution in [1.82, 2.24) is 14.3 Å². The first kappa shape index (κ1) is 11.4. The van der Waals surface area contributed by atoms with Crippen molar-refractivity contribution in [2.75, 3.05) is 0 Å². The molecular weight excluding hydrogens is 242 g/mol. The molecule has 2 aromatic rings. The number of benzene rings is 1. The Balaban J connectivity index is 1.94. The van der Waals surface area contributed by atoms with Crippen molar-refractivity contribution in [2.45, 2.75) is 25.9 Å². The van der Waals surface area contributed by atoms with E-state index >= 15 is 0 Å². The van der Waals surface area contributed by atoms with Crippen LogP contribution in [-0.2, 0) is 13.1 Å². The maximum absolute atomic E-state index is 5.29. The Bertz CT molecular complexity index is 622. The van der Waals surface area contributed by atoms with E-state index in [1.54, 1.807) is 0 Å². The summed E-state index contributed by atoms with van der Waals surface area (Å²) < 4.78 is 4.98. The van der Waals surface area contributed by atoms with Gasteiger partial charge >= 0.3 is 0 Å². The molecule has 0 spiro atoms. The summed E-state index contributed by atoms with van der Waals surface area (Å²) in [5.74, 6) is 0.962. The average Bonchev–Trinajstić information content (AvgIpc) is 2.75. The van der Waals surface area contributed by atoms with Crippen LogP contribution in [0, 0.1) is 4.77 Å². The van der Waals surface area contributed by atoms with Gasteiger partial charge in [-0.2, -0.15) is 4.98 Å². The molecular formula is C14H15N3S. The molecule has 0 aliphatic carbocycles. The number of rotatable bonds is 2. The monoisotopic (exact) mass is 257 g/mol. The lowest BCUT2D eigenvalue weighted by Gasteiger charge is -2.17. The number of fused-ring (bicyclic) bond motifs is 1. The van der Waals surface area contributed by atoms with E-state index in [2.05, 4.69) is 32.6 Å². The number of nitrogens with zero attached hydrogens (tertiary/aromatic N) is 3. The van der Waals surface area contributed by atoms with Crippen molar-refractivity contribution in [3.63, 3.8) is 0 Å². The normalized spacial score (nSPS) is 14.9. The molecule has 3 nitrogen and oxygen atoms in total. The van der Waals surface area contributed by atoms with Gasteiger partial charge in [0.05, 0.1) is 0 Å². The molecule has 2 heterocycles. The Labute approximate surface area is 111 Å². The van der Waals surface area contributed by atoms with Gasteiger partial charge in [-0.1, -0.05) is 36.4 Å². The summed E-state index contributed by atoms with van der Waals surface area (Å²) in [4.78, 5) is 4.46. The summed E-state index contributed by atoms with van der Waals surface area (Å²) in [6, 6.07) is 10.3. The zero-order valence-corrected chi connectivity index (χ0v) is 10.9. The van der Waals surface area contributed by atoms with Crippen molar-refractivity contribution in [3.8, 4) is 0 Å². The van der Waals surface area contributed by atoms with Gasteiger partial charge in [-0.05, 0) is 36.7 Å². The molecule has 0 N–H and O–H groups in total. The molecule has 0 saturated heterocycles. The molecule has 1 aromatic heterocycles. The molecule has 0 bridgehead atoms. The summed E-state index contributed by atoms with van der Waals surface area (Å²) in [6.07, 6.45) is 6.53. The molecule has 1 aliphatic heterocycles. The third kappa shape index (κ3) is 2.16. The van der Waals surface area contributed by atoms with E-state index in [0.29, 0.717) is 4.77 Å². The zero-order valence-electron chi connectivity index (χ0n) is 10.1. The lowest BCUT2D eigenvalue weighted by atomic mass is 10.2. The highest BCUT2D eigenvalue weighted by Crippen LogP contribution is 2.13. The van der Waals surface area contributed by atoms with Gasteiger partial charge in [0, 0.05) is 13.1 Å². The van der Waals surface area contributed by atoms with Crippen molar-refractivity contribution in [2.24, 2.45) is 0 Å². The fourth-order valence-corrected chi connectivity index (χ4v) is 2.56. The highest BCUT2D eigenvalue weighted by atomic mass is 32.1. The maximum atomic E-state index is 5.29. The summed E-state index contributed by atoms with van der Waals surface area (Å²) in [5, 5.41) is 0. The maximum Gasteiger partial charge on any atom is 0.216 e. The van der Waals surface area contributed by atoms with Crippen LogP contribution in [0.1, 0.15) is 24.2 Å². The predicted molar refractivity (Wildman–Crippen MR) is 75.7 cm³/mol. The number of hydrogen-bond acceptors (Lipinski definition) is 2. The summed E-state index contributed by atoms with van der Waals surface area (Å²) in [6.45, 7) is 2.00. The van der Waals surface area contributed by atoms with Gasteiger partial charge in [0.15, 0.2) is 5.82 Å². The predicted octanol–water partition coefficient (Wildman–Crippen LogP) is 3.38. The third-order valence-corrected chi connectivity index (χ3v) is 3.50. The molecule has 3 rings (SSSR count). The van der Waals surface area contributed by atoms with Crippen molar-refractivity contribution in [3.05, 3.63) is 46.5 Å². The molecule has 92 valence electrons. The first-order valence-electron chi connectivity index (χ1n) is 6.25. The third-order valence-electron chi connectivity index (χ3n) is 3.20. The highest BCUT2D eigenvalue weighted by molar-refractivity contribution is 7.71. The van der Waals surface area contributed by atoms with E-state index in [1.165, 1.54) is 18.4 Å². The number of hydrogen-bond donors (Lipinski definition) is 0. The largest absolute Gasteiger partial charge is 0.266 e. The Hall–Kier alpha value is -1.68. The smallest absolute Gasteiger partial charge is 0.216 e.